The molecular weight excluding hydrogens is 304 g/mol. The molecule has 1 aromatic carbocycles. The summed E-state index contributed by atoms with van der Waals surface area (Å²) in [5.41, 5.74) is 9.07. The fraction of sp³-hybridized carbons (Fsp3) is 0.200. The Kier molecular flexibility index (Phi) is 3.47. The van der Waals surface area contributed by atoms with Gasteiger partial charge in [-0.15, -0.1) is 11.3 Å². The smallest absolute Gasteiger partial charge is 0.104 e. The van der Waals surface area contributed by atoms with E-state index in [0.717, 1.165) is 29.1 Å². The van der Waals surface area contributed by atoms with Gasteiger partial charge in [-0.05, 0) is 30.2 Å². The molecule has 2 heterocycles. The van der Waals surface area contributed by atoms with Crippen LogP contribution in [-0.2, 0) is 13.0 Å². The van der Waals surface area contributed by atoms with E-state index in [1.165, 1.54) is 11.3 Å². The summed E-state index contributed by atoms with van der Waals surface area (Å²) >= 11 is 7.57. The molecule has 1 aliphatic heterocycles. The number of rotatable bonds is 1. The second kappa shape index (κ2) is 5.29. The van der Waals surface area contributed by atoms with Crippen LogP contribution in [0.15, 0.2) is 18.2 Å². The van der Waals surface area contributed by atoms with Gasteiger partial charge >= 0.3 is 0 Å². The van der Waals surface area contributed by atoms with Gasteiger partial charge in [-0.1, -0.05) is 11.6 Å². The van der Waals surface area contributed by atoms with Crippen molar-refractivity contribution in [3.8, 4) is 12.1 Å². The average molecular weight is 315 g/mol. The minimum Gasteiger partial charge on any atom is -0.389 e. The van der Waals surface area contributed by atoms with Gasteiger partial charge in [-0.25, -0.2) is 0 Å². The Hall–Kier alpha value is -2.21. The van der Waals surface area contributed by atoms with E-state index >= 15 is 0 Å². The number of thiophene rings is 1. The molecule has 4 nitrogen and oxygen atoms in total. The molecule has 1 aromatic heterocycles. The first-order valence-corrected chi connectivity index (χ1v) is 7.58. The number of fused-ring (bicyclic) bond motifs is 1. The standard InChI is InChI=1S/C15H11ClN4S/c16-13-5-10(2-1-9(13)6-17)20-4-3-11-12(7-18)15(19)21-14(11)8-20/h1-2,5H,3-4,8,19H2. The first-order chi connectivity index (χ1) is 10.1. The van der Waals surface area contributed by atoms with Crippen molar-refractivity contribution in [3.05, 3.63) is 44.8 Å². The lowest BCUT2D eigenvalue weighted by atomic mass is 10.0. The third-order valence-electron chi connectivity index (χ3n) is 3.63. The molecular formula is C15H11ClN4S. The van der Waals surface area contributed by atoms with Crippen LogP contribution in [0.5, 0.6) is 0 Å². The van der Waals surface area contributed by atoms with Crippen LogP contribution in [0, 0.1) is 22.7 Å². The molecule has 6 heteroatoms. The Labute approximate surface area is 131 Å². The van der Waals surface area contributed by atoms with Crippen molar-refractivity contribution in [1.82, 2.24) is 0 Å². The predicted octanol–water partition coefficient (Wildman–Crippen LogP) is 3.29. The zero-order valence-corrected chi connectivity index (χ0v) is 12.6. The molecule has 0 spiro atoms. The predicted molar refractivity (Wildman–Crippen MR) is 84.4 cm³/mol. The van der Waals surface area contributed by atoms with E-state index in [-0.39, 0.29) is 0 Å². The van der Waals surface area contributed by atoms with Gasteiger partial charge in [0.05, 0.1) is 22.7 Å². The van der Waals surface area contributed by atoms with Gasteiger partial charge in [0.1, 0.15) is 17.1 Å². The molecule has 0 saturated heterocycles. The molecule has 0 unspecified atom stereocenters. The fourth-order valence-corrected chi connectivity index (χ4v) is 3.86. The highest BCUT2D eigenvalue weighted by atomic mass is 35.5. The lowest BCUT2D eigenvalue weighted by Gasteiger charge is -2.29. The van der Waals surface area contributed by atoms with Crippen molar-refractivity contribution < 1.29 is 0 Å². The first kappa shape index (κ1) is 13.8. The Morgan fingerprint density at radius 1 is 1.29 bits per heavy atom. The maximum atomic E-state index is 9.16. The molecule has 0 atom stereocenters. The molecule has 0 bridgehead atoms. The molecule has 21 heavy (non-hydrogen) atoms. The molecule has 3 rings (SSSR count). The van der Waals surface area contributed by atoms with Crippen molar-refractivity contribution in [2.75, 3.05) is 17.2 Å². The van der Waals surface area contributed by atoms with Crippen LogP contribution in [0.4, 0.5) is 10.7 Å². The molecule has 104 valence electrons. The number of nitrogens with two attached hydrogens (primary N) is 1. The van der Waals surface area contributed by atoms with E-state index in [4.69, 9.17) is 27.9 Å². The monoisotopic (exact) mass is 314 g/mol. The second-order valence-corrected chi connectivity index (χ2v) is 6.35. The number of anilines is 2. The van der Waals surface area contributed by atoms with Crippen LogP contribution in [-0.4, -0.2) is 6.54 Å². The maximum absolute atomic E-state index is 9.16. The maximum Gasteiger partial charge on any atom is 0.104 e. The zero-order chi connectivity index (χ0) is 15.0. The minimum absolute atomic E-state index is 0.462. The first-order valence-electron chi connectivity index (χ1n) is 6.38. The zero-order valence-electron chi connectivity index (χ0n) is 11.1. The van der Waals surface area contributed by atoms with Gasteiger partial charge in [0.2, 0.25) is 0 Å². The van der Waals surface area contributed by atoms with E-state index in [1.54, 1.807) is 6.07 Å². The third-order valence-corrected chi connectivity index (χ3v) is 4.99. The minimum atomic E-state index is 0.462. The van der Waals surface area contributed by atoms with Gasteiger partial charge in [0, 0.05) is 17.1 Å². The van der Waals surface area contributed by atoms with E-state index in [1.807, 2.05) is 12.1 Å². The topological polar surface area (TPSA) is 76.8 Å². The molecule has 0 aliphatic carbocycles. The summed E-state index contributed by atoms with van der Waals surface area (Å²) in [6, 6.07) is 9.70. The number of halogens is 1. The molecule has 0 fully saturated rings. The molecule has 0 radical (unpaired) electrons. The van der Waals surface area contributed by atoms with Gasteiger partial charge in [-0.3, -0.25) is 0 Å². The number of benzene rings is 1. The Bertz CT molecular complexity index is 797. The summed E-state index contributed by atoms with van der Waals surface area (Å²) in [5.74, 6) is 0. The van der Waals surface area contributed by atoms with Crippen molar-refractivity contribution in [1.29, 1.82) is 10.5 Å². The average Bonchev–Trinajstić information content (AvgIpc) is 2.81. The summed E-state index contributed by atoms with van der Waals surface area (Å²) in [6.45, 7) is 1.52. The highest BCUT2D eigenvalue weighted by Crippen LogP contribution is 2.36. The third kappa shape index (κ3) is 2.31. The number of hydrogen-bond donors (Lipinski definition) is 1. The molecule has 2 N–H and O–H groups in total. The quantitative estimate of drug-likeness (QED) is 0.876. The Morgan fingerprint density at radius 2 is 2.10 bits per heavy atom. The van der Waals surface area contributed by atoms with E-state index in [9.17, 15) is 0 Å². The van der Waals surface area contributed by atoms with Crippen LogP contribution in [0.3, 0.4) is 0 Å². The molecule has 0 amide bonds. The summed E-state index contributed by atoms with van der Waals surface area (Å²) in [6.07, 6.45) is 0.795. The molecule has 0 saturated carbocycles. The van der Waals surface area contributed by atoms with Gasteiger partial charge in [0.15, 0.2) is 0 Å². The summed E-state index contributed by atoms with van der Waals surface area (Å²) < 4.78 is 0. The van der Waals surface area contributed by atoms with Crippen LogP contribution in [0.25, 0.3) is 0 Å². The molecule has 2 aromatic rings. The van der Waals surface area contributed by atoms with Crippen molar-refractivity contribution >= 4 is 33.6 Å². The highest BCUT2D eigenvalue weighted by Gasteiger charge is 2.23. The summed E-state index contributed by atoms with van der Waals surface area (Å²) in [7, 11) is 0. The normalized spacial score (nSPS) is 13.4. The fourth-order valence-electron chi connectivity index (χ4n) is 2.56. The SMILES string of the molecule is N#Cc1ccc(N2CCc3c(sc(N)c3C#N)C2)cc1Cl. The highest BCUT2D eigenvalue weighted by molar-refractivity contribution is 7.16. The Balaban J connectivity index is 1.92. The van der Waals surface area contributed by atoms with Gasteiger partial charge < -0.3 is 10.6 Å². The van der Waals surface area contributed by atoms with Crippen molar-refractivity contribution in [3.63, 3.8) is 0 Å². The summed E-state index contributed by atoms with van der Waals surface area (Å²) in [5, 5.41) is 19.1. The largest absolute Gasteiger partial charge is 0.389 e. The van der Waals surface area contributed by atoms with Crippen molar-refractivity contribution in [2.24, 2.45) is 0 Å². The van der Waals surface area contributed by atoms with Crippen LogP contribution in [0.1, 0.15) is 21.6 Å². The van der Waals surface area contributed by atoms with E-state index in [2.05, 4.69) is 17.0 Å². The number of hydrogen-bond acceptors (Lipinski definition) is 5. The van der Waals surface area contributed by atoms with E-state index in [0.29, 0.717) is 27.7 Å². The van der Waals surface area contributed by atoms with Crippen molar-refractivity contribution in [2.45, 2.75) is 13.0 Å². The van der Waals surface area contributed by atoms with Gasteiger partial charge in [0.25, 0.3) is 0 Å². The van der Waals surface area contributed by atoms with Crippen LogP contribution >= 0.6 is 22.9 Å². The van der Waals surface area contributed by atoms with Crippen LogP contribution in [0.2, 0.25) is 5.02 Å². The lowest BCUT2D eigenvalue weighted by molar-refractivity contribution is 0.743. The lowest BCUT2D eigenvalue weighted by Crippen LogP contribution is -2.29. The second-order valence-electron chi connectivity index (χ2n) is 4.80. The van der Waals surface area contributed by atoms with Crippen LogP contribution < -0.4 is 10.6 Å². The number of nitriles is 2. The Morgan fingerprint density at radius 3 is 2.76 bits per heavy atom. The number of nitrogen functional groups attached to an aromatic ring is 1. The van der Waals surface area contributed by atoms with E-state index < -0.39 is 0 Å². The molecule has 1 aliphatic rings. The van der Waals surface area contributed by atoms with Gasteiger partial charge in [-0.2, -0.15) is 10.5 Å². The number of nitrogens with zero attached hydrogens (tertiary/aromatic N) is 3. The summed E-state index contributed by atoms with van der Waals surface area (Å²) in [4.78, 5) is 3.32.